The summed E-state index contributed by atoms with van der Waals surface area (Å²) in [6, 6.07) is 11.4. The lowest BCUT2D eigenvalue weighted by Crippen LogP contribution is -2.52. The minimum absolute atomic E-state index is 0.0322. The second-order valence-corrected chi connectivity index (χ2v) is 14.7. The van der Waals surface area contributed by atoms with Crippen LogP contribution in [0.1, 0.15) is 109 Å². The standard InChI is InChI=1S/C41H50/c1-23(2)31-15-17-32(18-16-31)34-19-33(24(3)4)35-21-39(12)22-40(13)20-26(7)36(25(5)6)29(10)41(40,14)30(11)38(39)28(9)37(35)27(34)8/h15-19,24H,1,5,9-10,20-22H2,2-4,6-8,11-14H3/t39-,40+,41-/m1/s1. The lowest BCUT2D eigenvalue weighted by atomic mass is 9.41. The Hall–Kier alpha value is -3.12. The van der Waals surface area contributed by atoms with E-state index in [4.69, 9.17) is 13.2 Å². The van der Waals surface area contributed by atoms with Crippen molar-refractivity contribution < 1.29 is 0 Å². The molecule has 3 aliphatic carbocycles. The number of rotatable bonds is 4. The zero-order chi connectivity index (χ0) is 30.4. The lowest BCUT2D eigenvalue weighted by Gasteiger charge is -2.62. The van der Waals surface area contributed by atoms with Crippen LogP contribution in [0.5, 0.6) is 0 Å². The predicted octanol–water partition coefficient (Wildman–Crippen LogP) is 12.0. The molecule has 0 heterocycles. The summed E-state index contributed by atoms with van der Waals surface area (Å²) in [5.74, 6) is 0.433. The van der Waals surface area contributed by atoms with Gasteiger partial charge in [0, 0.05) is 5.41 Å². The molecule has 0 radical (unpaired) electrons. The third kappa shape index (κ3) is 4.00. The zero-order valence-corrected chi connectivity index (χ0v) is 27.4. The molecule has 0 fully saturated rings. The molecule has 0 aromatic heterocycles. The van der Waals surface area contributed by atoms with Crippen LogP contribution in [0, 0.1) is 23.2 Å². The highest BCUT2D eigenvalue weighted by Crippen LogP contribution is 2.70. The Morgan fingerprint density at radius 1 is 0.878 bits per heavy atom. The first-order chi connectivity index (χ1) is 19.0. The van der Waals surface area contributed by atoms with E-state index < -0.39 is 0 Å². The highest BCUT2D eigenvalue weighted by atomic mass is 14.6. The molecule has 0 unspecified atom stereocenters. The summed E-state index contributed by atoms with van der Waals surface area (Å²) in [5.41, 5.74) is 19.8. The van der Waals surface area contributed by atoms with Crippen LogP contribution < -0.4 is 0 Å². The number of hydrogen-bond donors (Lipinski definition) is 0. The molecule has 214 valence electrons. The highest BCUT2D eigenvalue weighted by Gasteiger charge is 2.59. The van der Waals surface area contributed by atoms with Crippen LogP contribution in [0.25, 0.3) is 22.3 Å². The molecule has 41 heavy (non-hydrogen) atoms. The van der Waals surface area contributed by atoms with Gasteiger partial charge in [0.2, 0.25) is 0 Å². The Morgan fingerprint density at radius 3 is 2.02 bits per heavy atom. The van der Waals surface area contributed by atoms with Gasteiger partial charge in [0.25, 0.3) is 0 Å². The molecule has 0 spiro atoms. The second kappa shape index (κ2) is 9.45. The fourth-order valence-electron chi connectivity index (χ4n) is 9.38. The van der Waals surface area contributed by atoms with Crippen LogP contribution in [-0.4, -0.2) is 0 Å². The van der Waals surface area contributed by atoms with Gasteiger partial charge >= 0.3 is 0 Å². The maximum absolute atomic E-state index is 4.93. The second-order valence-electron chi connectivity index (χ2n) is 14.7. The summed E-state index contributed by atoms with van der Waals surface area (Å²) in [7, 11) is 0. The van der Waals surface area contributed by atoms with E-state index in [1.165, 1.54) is 72.4 Å². The highest BCUT2D eigenvalue weighted by molar-refractivity contribution is 5.90. The van der Waals surface area contributed by atoms with E-state index in [-0.39, 0.29) is 16.2 Å². The van der Waals surface area contributed by atoms with Crippen LogP contribution in [0.2, 0.25) is 0 Å². The van der Waals surface area contributed by atoms with Crippen LogP contribution in [0.3, 0.4) is 0 Å². The van der Waals surface area contributed by atoms with Crippen molar-refractivity contribution in [1.82, 2.24) is 0 Å². The quantitative estimate of drug-likeness (QED) is 0.360. The SMILES string of the molecule is C=C(C)C1=C(C)C[C@@]2(C)C[C@@]3(C)Cc4c(C(C)C)cc(-c5ccc(C(=C)C)cc5)c(C)c4C(=C)C3=C(C)[C@@]2(C)C1=C. The largest absolute Gasteiger partial charge is 0.0955 e. The normalized spacial score (nSPS) is 27.6. The summed E-state index contributed by atoms with van der Waals surface area (Å²) in [6.45, 7) is 41.6. The molecule has 0 heteroatoms. The van der Waals surface area contributed by atoms with E-state index in [2.05, 4.69) is 113 Å². The van der Waals surface area contributed by atoms with Gasteiger partial charge < -0.3 is 0 Å². The van der Waals surface area contributed by atoms with Gasteiger partial charge in [-0.05, 0) is 132 Å². The maximum Gasteiger partial charge on any atom is 0.0194 e. The van der Waals surface area contributed by atoms with Gasteiger partial charge in [-0.1, -0.05) is 114 Å². The van der Waals surface area contributed by atoms with Gasteiger partial charge in [0.1, 0.15) is 0 Å². The van der Waals surface area contributed by atoms with Crippen molar-refractivity contribution in [2.75, 3.05) is 0 Å². The fraction of sp³-hybridized carbons (Fsp3) is 0.415. The van der Waals surface area contributed by atoms with E-state index in [0.717, 1.165) is 30.4 Å². The smallest absolute Gasteiger partial charge is 0.0194 e. The van der Waals surface area contributed by atoms with Crippen molar-refractivity contribution in [3.8, 4) is 11.1 Å². The molecule has 0 bridgehead atoms. The van der Waals surface area contributed by atoms with Gasteiger partial charge in [-0.25, -0.2) is 0 Å². The first-order valence-corrected chi connectivity index (χ1v) is 15.4. The summed E-state index contributed by atoms with van der Waals surface area (Å²) in [4.78, 5) is 0. The van der Waals surface area contributed by atoms with Crippen molar-refractivity contribution in [3.05, 3.63) is 118 Å². The molecular weight excluding hydrogens is 492 g/mol. The summed E-state index contributed by atoms with van der Waals surface area (Å²) in [6.07, 6.45) is 3.27. The van der Waals surface area contributed by atoms with Crippen LogP contribution in [0.15, 0.2) is 90.1 Å². The van der Waals surface area contributed by atoms with Crippen molar-refractivity contribution >= 4 is 11.1 Å². The van der Waals surface area contributed by atoms with Gasteiger partial charge in [-0.15, -0.1) is 0 Å². The van der Waals surface area contributed by atoms with Crippen molar-refractivity contribution in [1.29, 1.82) is 0 Å². The Bertz CT molecular complexity index is 1610. The number of fused-ring (bicyclic) bond motifs is 3. The minimum Gasteiger partial charge on any atom is -0.0955 e. The predicted molar refractivity (Wildman–Crippen MR) is 181 cm³/mol. The van der Waals surface area contributed by atoms with Gasteiger partial charge in [-0.2, -0.15) is 0 Å². The number of benzene rings is 2. The lowest BCUT2D eigenvalue weighted by molar-refractivity contribution is 0.0543. The van der Waals surface area contributed by atoms with Crippen molar-refractivity contribution in [2.45, 2.75) is 94.4 Å². The van der Waals surface area contributed by atoms with Crippen LogP contribution in [-0.2, 0) is 6.42 Å². The molecule has 0 N–H and O–H groups in total. The van der Waals surface area contributed by atoms with Crippen molar-refractivity contribution in [2.24, 2.45) is 16.2 Å². The molecule has 0 aliphatic heterocycles. The molecule has 2 aromatic rings. The molecule has 3 aliphatic rings. The van der Waals surface area contributed by atoms with E-state index in [1.54, 1.807) is 0 Å². The summed E-state index contributed by atoms with van der Waals surface area (Å²) < 4.78 is 0. The van der Waals surface area contributed by atoms with Gasteiger partial charge in [0.05, 0.1) is 0 Å². The summed E-state index contributed by atoms with van der Waals surface area (Å²) in [5, 5.41) is 0. The zero-order valence-electron chi connectivity index (χ0n) is 27.4. The van der Waals surface area contributed by atoms with Crippen LogP contribution in [0.4, 0.5) is 0 Å². The molecule has 0 saturated heterocycles. The van der Waals surface area contributed by atoms with E-state index in [1.807, 2.05) is 0 Å². The first kappa shape index (κ1) is 29.4. The first-order valence-electron chi connectivity index (χ1n) is 15.4. The Kier molecular flexibility index (Phi) is 6.77. The van der Waals surface area contributed by atoms with Gasteiger partial charge in [-0.3, -0.25) is 0 Å². The van der Waals surface area contributed by atoms with E-state index in [9.17, 15) is 0 Å². The Balaban J connectivity index is 1.77. The minimum atomic E-state index is -0.138. The molecule has 3 atom stereocenters. The monoisotopic (exact) mass is 542 g/mol. The van der Waals surface area contributed by atoms with Gasteiger partial charge in [0.15, 0.2) is 0 Å². The third-order valence-corrected chi connectivity index (χ3v) is 11.3. The maximum atomic E-state index is 4.93. The molecule has 5 rings (SSSR count). The molecule has 2 aromatic carbocycles. The average molecular weight is 543 g/mol. The number of allylic oxidation sites excluding steroid dienone is 8. The van der Waals surface area contributed by atoms with Crippen molar-refractivity contribution in [3.63, 3.8) is 0 Å². The van der Waals surface area contributed by atoms with Crippen LogP contribution >= 0.6 is 0 Å². The third-order valence-electron chi connectivity index (χ3n) is 11.3. The molecular formula is C41H50. The number of hydrogen-bond acceptors (Lipinski definition) is 0. The van der Waals surface area contributed by atoms with E-state index >= 15 is 0 Å². The molecule has 0 amide bonds. The molecule has 0 saturated carbocycles. The Morgan fingerprint density at radius 2 is 1.49 bits per heavy atom. The van der Waals surface area contributed by atoms with E-state index in [0.29, 0.717) is 5.92 Å². The topological polar surface area (TPSA) is 0 Å². The molecule has 0 nitrogen and oxygen atoms in total. The fourth-order valence-corrected chi connectivity index (χ4v) is 9.38. The summed E-state index contributed by atoms with van der Waals surface area (Å²) >= 11 is 0. The average Bonchev–Trinajstić information content (AvgIpc) is 2.85. The Labute approximate surface area is 250 Å².